The van der Waals surface area contributed by atoms with Gasteiger partial charge >= 0.3 is 5.97 Å². The summed E-state index contributed by atoms with van der Waals surface area (Å²) < 4.78 is 0. The Bertz CT molecular complexity index is 594. The molecule has 5 nitrogen and oxygen atoms in total. The van der Waals surface area contributed by atoms with Gasteiger partial charge in [0.2, 0.25) is 0 Å². The van der Waals surface area contributed by atoms with Crippen LogP contribution in [0.5, 0.6) is 0 Å². The Morgan fingerprint density at radius 1 is 1.32 bits per heavy atom. The summed E-state index contributed by atoms with van der Waals surface area (Å²) in [6.45, 7) is 4.49. The topological polar surface area (TPSA) is 75.1 Å². The van der Waals surface area contributed by atoms with Crippen molar-refractivity contribution in [3.63, 3.8) is 0 Å². The molecule has 0 radical (unpaired) electrons. The average Bonchev–Trinajstić information content (AvgIpc) is 2.39. The van der Waals surface area contributed by atoms with E-state index in [1.54, 1.807) is 0 Å². The van der Waals surface area contributed by atoms with Crippen molar-refractivity contribution in [2.45, 2.75) is 13.8 Å². The normalized spacial score (nSPS) is 10.2. The van der Waals surface area contributed by atoms with Crippen LogP contribution < -0.4 is 5.32 Å². The van der Waals surface area contributed by atoms with Crippen molar-refractivity contribution in [3.8, 4) is 11.4 Å². The van der Waals surface area contributed by atoms with Gasteiger partial charge in [0.15, 0.2) is 5.82 Å². The highest BCUT2D eigenvalue weighted by molar-refractivity contribution is 5.93. The van der Waals surface area contributed by atoms with E-state index in [1.807, 2.05) is 38.1 Å². The molecule has 2 rings (SSSR count). The van der Waals surface area contributed by atoms with Gasteiger partial charge in [-0.05, 0) is 13.8 Å². The minimum absolute atomic E-state index is 0.0812. The first-order valence-corrected chi connectivity index (χ1v) is 6.03. The van der Waals surface area contributed by atoms with Crippen LogP contribution in [0.3, 0.4) is 0 Å². The molecule has 1 aromatic heterocycles. The van der Waals surface area contributed by atoms with E-state index in [-0.39, 0.29) is 5.56 Å². The van der Waals surface area contributed by atoms with E-state index in [0.717, 1.165) is 11.1 Å². The Morgan fingerprint density at radius 2 is 2.00 bits per heavy atom. The number of aromatic nitrogens is 2. The van der Waals surface area contributed by atoms with Crippen LogP contribution in [-0.2, 0) is 0 Å². The molecular weight excluding hydrogens is 242 g/mol. The van der Waals surface area contributed by atoms with Crippen LogP contribution in [0.1, 0.15) is 22.8 Å². The van der Waals surface area contributed by atoms with Crippen molar-refractivity contribution in [3.05, 3.63) is 41.6 Å². The molecule has 98 valence electrons. The molecule has 0 saturated heterocycles. The number of carbonyl (C=O) groups is 1. The maximum atomic E-state index is 11.1. The first-order chi connectivity index (χ1) is 9.11. The number of benzene rings is 1. The molecule has 1 heterocycles. The molecule has 1 aromatic carbocycles. The van der Waals surface area contributed by atoms with Gasteiger partial charge in [-0.1, -0.05) is 29.8 Å². The second kappa shape index (κ2) is 5.48. The molecule has 5 heteroatoms. The minimum atomic E-state index is -1.04. The summed E-state index contributed by atoms with van der Waals surface area (Å²) in [6.07, 6.45) is 1.34. The van der Waals surface area contributed by atoms with Crippen LogP contribution in [0.15, 0.2) is 30.5 Å². The number of hydrogen-bond donors (Lipinski definition) is 2. The van der Waals surface area contributed by atoms with E-state index in [9.17, 15) is 4.79 Å². The van der Waals surface area contributed by atoms with Gasteiger partial charge in [-0.15, -0.1) is 0 Å². The lowest BCUT2D eigenvalue weighted by atomic mass is 10.1. The smallest absolute Gasteiger partial charge is 0.341 e. The predicted molar refractivity (Wildman–Crippen MR) is 73.3 cm³/mol. The molecule has 0 fully saturated rings. The SMILES string of the molecule is CCNc1nc(-c2ccc(C)cc2)ncc1C(=O)O. The van der Waals surface area contributed by atoms with Gasteiger partial charge in [0.05, 0.1) is 0 Å². The Hall–Kier alpha value is -2.43. The van der Waals surface area contributed by atoms with Gasteiger partial charge in [0.1, 0.15) is 11.4 Å². The number of nitrogens with zero attached hydrogens (tertiary/aromatic N) is 2. The maximum Gasteiger partial charge on any atom is 0.341 e. The number of nitrogens with one attached hydrogen (secondary N) is 1. The van der Waals surface area contributed by atoms with Crippen LogP contribution in [-0.4, -0.2) is 27.6 Å². The third kappa shape index (κ3) is 2.88. The first-order valence-electron chi connectivity index (χ1n) is 6.03. The standard InChI is InChI=1S/C14H15N3O2/c1-3-15-13-11(14(18)19)8-16-12(17-13)10-6-4-9(2)5-7-10/h4-8H,3H2,1-2H3,(H,18,19)(H,15,16,17). The average molecular weight is 257 g/mol. The van der Waals surface area contributed by atoms with Gasteiger partial charge < -0.3 is 10.4 Å². The Morgan fingerprint density at radius 3 is 2.58 bits per heavy atom. The van der Waals surface area contributed by atoms with Gasteiger partial charge in [0, 0.05) is 18.3 Å². The zero-order chi connectivity index (χ0) is 13.8. The fraction of sp³-hybridized carbons (Fsp3) is 0.214. The quantitative estimate of drug-likeness (QED) is 0.880. The molecule has 2 N–H and O–H groups in total. The van der Waals surface area contributed by atoms with Crippen LogP contribution in [0.2, 0.25) is 0 Å². The van der Waals surface area contributed by atoms with Gasteiger partial charge in [-0.3, -0.25) is 0 Å². The van der Waals surface area contributed by atoms with Gasteiger partial charge in [-0.2, -0.15) is 0 Å². The molecule has 0 aliphatic heterocycles. The van der Waals surface area contributed by atoms with E-state index >= 15 is 0 Å². The zero-order valence-corrected chi connectivity index (χ0v) is 10.8. The molecular formula is C14H15N3O2. The molecule has 0 unspecified atom stereocenters. The second-order valence-corrected chi connectivity index (χ2v) is 4.16. The molecule has 0 spiro atoms. The maximum absolute atomic E-state index is 11.1. The van der Waals surface area contributed by atoms with Crippen LogP contribution in [0, 0.1) is 6.92 Å². The van der Waals surface area contributed by atoms with E-state index in [1.165, 1.54) is 6.20 Å². The third-order valence-corrected chi connectivity index (χ3v) is 2.67. The van der Waals surface area contributed by atoms with E-state index in [2.05, 4.69) is 15.3 Å². The highest BCUT2D eigenvalue weighted by Gasteiger charge is 2.13. The van der Waals surface area contributed by atoms with Crippen molar-refractivity contribution in [1.29, 1.82) is 0 Å². The van der Waals surface area contributed by atoms with E-state index in [4.69, 9.17) is 5.11 Å². The number of aromatic carboxylic acids is 1. The van der Waals surface area contributed by atoms with Crippen molar-refractivity contribution in [2.75, 3.05) is 11.9 Å². The van der Waals surface area contributed by atoms with Crippen LogP contribution in [0.4, 0.5) is 5.82 Å². The number of rotatable bonds is 4. The highest BCUT2D eigenvalue weighted by Crippen LogP contribution is 2.19. The number of carboxylic acid groups (broad SMARTS) is 1. The second-order valence-electron chi connectivity index (χ2n) is 4.16. The Balaban J connectivity index is 2.45. The van der Waals surface area contributed by atoms with Crippen LogP contribution in [0.25, 0.3) is 11.4 Å². The molecule has 2 aromatic rings. The van der Waals surface area contributed by atoms with Crippen molar-refractivity contribution < 1.29 is 9.90 Å². The monoisotopic (exact) mass is 257 g/mol. The molecule has 0 saturated carbocycles. The molecule has 0 amide bonds. The summed E-state index contributed by atoms with van der Waals surface area (Å²) in [5.74, 6) is -0.173. The zero-order valence-electron chi connectivity index (χ0n) is 10.8. The number of anilines is 1. The fourth-order valence-electron chi connectivity index (χ4n) is 1.68. The summed E-state index contributed by atoms with van der Waals surface area (Å²) in [4.78, 5) is 19.5. The van der Waals surface area contributed by atoms with E-state index in [0.29, 0.717) is 18.2 Å². The third-order valence-electron chi connectivity index (χ3n) is 2.67. The molecule has 0 atom stereocenters. The van der Waals surface area contributed by atoms with Gasteiger partial charge in [-0.25, -0.2) is 14.8 Å². The van der Waals surface area contributed by atoms with Crippen molar-refractivity contribution >= 4 is 11.8 Å². The fourth-order valence-corrected chi connectivity index (χ4v) is 1.68. The number of aryl methyl sites for hydroxylation is 1. The first kappa shape index (κ1) is 13.0. The lowest BCUT2D eigenvalue weighted by Gasteiger charge is -2.08. The number of hydrogen-bond acceptors (Lipinski definition) is 4. The summed E-state index contributed by atoms with van der Waals surface area (Å²) in [5.41, 5.74) is 2.09. The molecule has 19 heavy (non-hydrogen) atoms. The summed E-state index contributed by atoms with van der Waals surface area (Å²) >= 11 is 0. The molecule has 0 aliphatic rings. The summed E-state index contributed by atoms with van der Waals surface area (Å²) in [7, 11) is 0. The highest BCUT2D eigenvalue weighted by atomic mass is 16.4. The minimum Gasteiger partial charge on any atom is -0.477 e. The largest absolute Gasteiger partial charge is 0.477 e. The number of carboxylic acids is 1. The molecule has 0 aliphatic carbocycles. The Kier molecular flexibility index (Phi) is 3.75. The van der Waals surface area contributed by atoms with Crippen molar-refractivity contribution in [2.24, 2.45) is 0 Å². The van der Waals surface area contributed by atoms with Crippen LogP contribution >= 0.6 is 0 Å². The Labute approximate surface area is 111 Å². The molecule has 0 bridgehead atoms. The van der Waals surface area contributed by atoms with Crippen molar-refractivity contribution in [1.82, 2.24) is 9.97 Å². The lowest BCUT2D eigenvalue weighted by molar-refractivity contribution is 0.0697. The predicted octanol–water partition coefficient (Wildman–Crippen LogP) is 2.58. The summed E-state index contributed by atoms with van der Waals surface area (Å²) in [5, 5.41) is 12.0. The lowest BCUT2D eigenvalue weighted by Crippen LogP contribution is -2.09. The van der Waals surface area contributed by atoms with E-state index < -0.39 is 5.97 Å². The summed E-state index contributed by atoms with van der Waals surface area (Å²) in [6, 6.07) is 7.77. The van der Waals surface area contributed by atoms with Gasteiger partial charge in [0.25, 0.3) is 0 Å².